The van der Waals surface area contributed by atoms with Gasteiger partial charge in [-0.3, -0.25) is 0 Å². The third-order valence-corrected chi connectivity index (χ3v) is 4.09. The van der Waals surface area contributed by atoms with Crippen LogP contribution in [0.3, 0.4) is 0 Å². The van der Waals surface area contributed by atoms with Crippen molar-refractivity contribution in [1.82, 2.24) is 0 Å². The highest BCUT2D eigenvalue weighted by Gasteiger charge is 2.73. The predicted molar refractivity (Wildman–Crippen MR) is 26.0 cm³/mol. The molecule has 0 saturated heterocycles. The molecule has 0 aromatic rings. The first-order valence-corrected chi connectivity index (χ1v) is 3.73. The van der Waals surface area contributed by atoms with Crippen LogP contribution in [0.4, 0.5) is 0 Å². The molecule has 0 aromatic heterocycles. The lowest BCUT2D eigenvalue weighted by Gasteiger charge is -1.84. The highest BCUT2D eigenvalue weighted by molar-refractivity contribution is 6.55. The summed E-state index contributed by atoms with van der Waals surface area (Å²) < 4.78 is 0. The smallest absolute Gasteiger partial charge is 0.0192 e. The average Bonchev–Trinajstić information content (AvgIpc) is 2.30. The highest BCUT2D eigenvalue weighted by atomic mass is 28.2. The summed E-state index contributed by atoms with van der Waals surface area (Å²) in [6, 6.07) is 0. The van der Waals surface area contributed by atoms with Crippen molar-refractivity contribution in [2.75, 3.05) is 0 Å². The molecule has 1 radical (unpaired) electrons. The standard InChI is InChI=1S/C5H5Si/c1-2-3-4(2)5(3)6-1/h1-5H. The van der Waals surface area contributed by atoms with Crippen molar-refractivity contribution in [3.63, 3.8) is 0 Å². The topological polar surface area (TPSA) is 0 Å². The van der Waals surface area contributed by atoms with Gasteiger partial charge in [0.05, 0.1) is 0 Å². The second-order valence-electron chi connectivity index (χ2n) is 2.59. The van der Waals surface area contributed by atoms with Gasteiger partial charge in [-0.1, -0.05) is 5.67 Å². The van der Waals surface area contributed by atoms with E-state index in [1.807, 2.05) is 0 Å². The van der Waals surface area contributed by atoms with E-state index in [9.17, 15) is 0 Å². The Labute approximate surface area is 39.0 Å². The zero-order chi connectivity index (χ0) is 3.72. The first kappa shape index (κ1) is 2.41. The second kappa shape index (κ2) is 0.428. The lowest BCUT2D eigenvalue weighted by Crippen LogP contribution is -1.79. The molecule has 29 valence electrons. The van der Waals surface area contributed by atoms with E-state index in [4.69, 9.17) is 0 Å². The fraction of sp³-hybridized carbons (Fsp3) is 0.800. The summed E-state index contributed by atoms with van der Waals surface area (Å²) >= 11 is 0. The minimum Gasteiger partial charge on any atom is -0.0994 e. The maximum absolute atomic E-state index is 2.54. The molecule has 4 aliphatic rings. The van der Waals surface area contributed by atoms with Crippen molar-refractivity contribution in [2.24, 2.45) is 17.8 Å². The molecule has 0 spiro atoms. The van der Waals surface area contributed by atoms with Crippen LogP contribution >= 0.6 is 0 Å². The molecule has 2 fully saturated rings. The molecule has 0 aromatic carbocycles. The van der Waals surface area contributed by atoms with Crippen LogP contribution in [-0.2, 0) is 0 Å². The van der Waals surface area contributed by atoms with Gasteiger partial charge < -0.3 is 0 Å². The normalized spacial score (nSPS) is 77.3. The summed E-state index contributed by atoms with van der Waals surface area (Å²) in [5.41, 5.74) is 3.79. The van der Waals surface area contributed by atoms with Crippen molar-refractivity contribution >= 4 is 14.8 Å². The highest BCUT2D eigenvalue weighted by Crippen LogP contribution is 2.78. The SMILES string of the molecule is C1=[Si]C2C3C1C23. The summed E-state index contributed by atoms with van der Waals surface area (Å²) in [7, 11) is 1.27. The van der Waals surface area contributed by atoms with Gasteiger partial charge in [0, 0.05) is 9.13 Å². The van der Waals surface area contributed by atoms with E-state index in [0.29, 0.717) is 0 Å². The van der Waals surface area contributed by atoms with E-state index in [0.717, 1.165) is 5.92 Å². The molecule has 2 unspecified atom stereocenters. The van der Waals surface area contributed by atoms with Gasteiger partial charge in [-0.05, 0) is 23.3 Å². The molecular weight excluding hydrogens is 88.1 g/mol. The Bertz CT molecular complexity index is 115. The molecule has 2 saturated carbocycles. The molecule has 2 aliphatic heterocycles. The molecule has 4 rings (SSSR count). The number of hydrogen-bond acceptors (Lipinski definition) is 0. The molecular formula is C5H5Si. The molecule has 2 heterocycles. The molecule has 0 amide bonds. The minimum atomic E-state index is 1.16. The zero-order valence-electron chi connectivity index (χ0n) is 3.39. The molecule has 6 heavy (non-hydrogen) atoms. The first-order chi connectivity index (χ1) is 2.98. The first-order valence-electron chi connectivity index (χ1n) is 2.58. The summed E-state index contributed by atoms with van der Waals surface area (Å²) in [6.07, 6.45) is 0. The van der Waals surface area contributed by atoms with Crippen molar-refractivity contribution in [2.45, 2.75) is 5.54 Å². The van der Waals surface area contributed by atoms with Crippen molar-refractivity contribution < 1.29 is 0 Å². The summed E-state index contributed by atoms with van der Waals surface area (Å²) in [4.78, 5) is 0. The fourth-order valence-electron chi connectivity index (χ4n) is 1.74. The van der Waals surface area contributed by atoms with Crippen LogP contribution in [0.5, 0.6) is 0 Å². The Hall–Kier alpha value is 0.0869. The molecule has 0 nitrogen and oxygen atoms in total. The number of rotatable bonds is 0. The van der Waals surface area contributed by atoms with E-state index < -0.39 is 0 Å². The van der Waals surface area contributed by atoms with Gasteiger partial charge >= 0.3 is 0 Å². The van der Waals surface area contributed by atoms with Gasteiger partial charge in [0.2, 0.25) is 0 Å². The molecule has 0 N–H and O–H groups in total. The van der Waals surface area contributed by atoms with Crippen LogP contribution in [0, 0.1) is 17.8 Å². The van der Waals surface area contributed by atoms with Crippen molar-refractivity contribution in [3.05, 3.63) is 0 Å². The van der Waals surface area contributed by atoms with Crippen molar-refractivity contribution in [3.8, 4) is 0 Å². The lowest BCUT2D eigenvalue weighted by atomic mass is 10.2. The van der Waals surface area contributed by atoms with Gasteiger partial charge in [-0.2, -0.15) is 0 Å². The van der Waals surface area contributed by atoms with Crippen LogP contribution < -0.4 is 0 Å². The third kappa shape index (κ3) is 0.0876. The summed E-state index contributed by atoms with van der Waals surface area (Å²) in [5, 5.41) is 0. The molecule has 1 heteroatoms. The van der Waals surface area contributed by atoms with Gasteiger partial charge in [0.25, 0.3) is 0 Å². The fourth-order valence-corrected chi connectivity index (χ4v) is 3.86. The largest absolute Gasteiger partial charge is 0.0994 e. The van der Waals surface area contributed by atoms with E-state index in [-0.39, 0.29) is 0 Å². The van der Waals surface area contributed by atoms with Gasteiger partial charge in [-0.25, -0.2) is 0 Å². The quantitative estimate of drug-likeness (QED) is 0.374. The third-order valence-electron chi connectivity index (χ3n) is 2.36. The van der Waals surface area contributed by atoms with Crippen LogP contribution in [0.1, 0.15) is 0 Å². The van der Waals surface area contributed by atoms with Crippen LogP contribution in [0.25, 0.3) is 0 Å². The summed E-state index contributed by atoms with van der Waals surface area (Å²) in [5.74, 6) is 3.67. The Morgan fingerprint density at radius 1 is 1.33 bits per heavy atom. The van der Waals surface area contributed by atoms with E-state index in [1.165, 1.54) is 26.5 Å². The second-order valence-corrected chi connectivity index (χ2v) is 3.92. The van der Waals surface area contributed by atoms with Crippen LogP contribution in [0.2, 0.25) is 5.54 Å². The molecule has 2 atom stereocenters. The van der Waals surface area contributed by atoms with Gasteiger partial charge in [0.15, 0.2) is 0 Å². The predicted octanol–water partition coefficient (Wildman–Crippen LogP) is 0.171. The van der Waals surface area contributed by atoms with Crippen LogP contribution in [0.15, 0.2) is 0 Å². The molecule has 2 aliphatic carbocycles. The maximum atomic E-state index is 2.54. The van der Waals surface area contributed by atoms with Crippen molar-refractivity contribution in [1.29, 1.82) is 0 Å². The summed E-state index contributed by atoms with van der Waals surface area (Å²) in [6.45, 7) is 0. The van der Waals surface area contributed by atoms with Crippen LogP contribution in [-0.4, -0.2) is 14.8 Å². The Balaban J connectivity index is 2.35. The zero-order valence-corrected chi connectivity index (χ0v) is 4.39. The van der Waals surface area contributed by atoms with E-state index in [1.54, 1.807) is 0 Å². The lowest BCUT2D eigenvalue weighted by molar-refractivity contribution is 0.824. The Morgan fingerprint density at radius 3 is 2.33 bits per heavy atom. The Kier molecular flexibility index (Phi) is 0.172. The van der Waals surface area contributed by atoms with Gasteiger partial charge in [-0.15, -0.1) is 0 Å². The number of hydrogen-bond donors (Lipinski definition) is 0. The average molecular weight is 93.2 g/mol. The molecule has 2 bridgehead atoms. The Morgan fingerprint density at radius 2 is 2.17 bits per heavy atom. The van der Waals surface area contributed by atoms with E-state index >= 15 is 0 Å². The van der Waals surface area contributed by atoms with E-state index in [2.05, 4.69) is 5.67 Å². The monoisotopic (exact) mass is 93.0 g/mol. The minimum absolute atomic E-state index is 1.16. The van der Waals surface area contributed by atoms with Gasteiger partial charge in [0.1, 0.15) is 0 Å². The maximum Gasteiger partial charge on any atom is 0.0192 e.